The number of guanidine groups is 1. The molecule has 6 rings (SSSR count). The van der Waals surface area contributed by atoms with Gasteiger partial charge in [0.1, 0.15) is 11.9 Å². The topological polar surface area (TPSA) is 61.8 Å². The number of hydrogen-bond acceptors (Lipinski definition) is 6. The third kappa shape index (κ3) is 2.86. The van der Waals surface area contributed by atoms with Crippen LogP contribution in [0.1, 0.15) is 17.5 Å². The normalized spacial score (nSPS) is 18.6. The highest BCUT2D eigenvalue weighted by Gasteiger charge is 2.35. The number of nitrogens with zero attached hydrogens (tertiary/aromatic N) is 5. The zero-order valence-electron chi connectivity index (χ0n) is 16.1. The van der Waals surface area contributed by atoms with E-state index in [4.69, 9.17) is 26.0 Å². The molecule has 2 aliphatic heterocycles. The molecule has 1 atom stereocenters. The fourth-order valence-electron chi connectivity index (χ4n) is 4.11. The van der Waals surface area contributed by atoms with Crippen LogP contribution < -0.4 is 10.2 Å². The first-order valence-electron chi connectivity index (χ1n) is 9.82. The third-order valence-corrected chi connectivity index (χ3v) is 5.76. The second kappa shape index (κ2) is 6.90. The molecule has 7 nitrogen and oxygen atoms in total. The van der Waals surface area contributed by atoms with Crippen molar-refractivity contribution in [3.05, 3.63) is 83.3 Å². The second-order valence-electron chi connectivity index (χ2n) is 7.47. The van der Waals surface area contributed by atoms with Gasteiger partial charge in [0.2, 0.25) is 11.9 Å². The van der Waals surface area contributed by atoms with Crippen molar-refractivity contribution in [1.82, 2.24) is 19.8 Å². The van der Waals surface area contributed by atoms with Gasteiger partial charge in [0.05, 0.1) is 37.2 Å². The van der Waals surface area contributed by atoms with Gasteiger partial charge < -0.3 is 9.73 Å². The van der Waals surface area contributed by atoms with E-state index in [-0.39, 0.29) is 6.17 Å². The molecule has 0 saturated carbocycles. The van der Waals surface area contributed by atoms with E-state index in [1.165, 1.54) is 0 Å². The number of aromatic nitrogens is 2. The summed E-state index contributed by atoms with van der Waals surface area (Å²) in [6.07, 6.45) is 1.59. The Hall–Kier alpha value is -3.29. The molecule has 2 aromatic heterocycles. The molecule has 0 amide bonds. The fraction of sp³-hybridized carbons (Fsp3) is 0.182. The Kier molecular flexibility index (Phi) is 4.04. The summed E-state index contributed by atoms with van der Waals surface area (Å²) < 4.78 is 7.75. The molecule has 2 aromatic carbocycles. The van der Waals surface area contributed by atoms with Gasteiger partial charge in [-0.2, -0.15) is 0 Å². The van der Waals surface area contributed by atoms with Crippen LogP contribution in [-0.2, 0) is 6.54 Å². The minimum absolute atomic E-state index is 0.115. The van der Waals surface area contributed by atoms with Crippen LogP contribution in [0.3, 0.4) is 0 Å². The number of benzene rings is 2. The Morgan fingerprint density at radius 3 is 2.77 bits per heavy atom. The number of hydrogen-bond donors (Lipinski definition) is 1. The number of para-hydroxylation sites is 2. The molecule has 0 aliphatic carbocycles. The second-order valence-corrected chi connectivity index (χ2v) is 7.91. The zero-order chi connectivity index (χ0) is 20.1. The molecule has 1 N–H and O–H groups in total. The van der Waals surface area contributed by atoms with Gasteiger partial charge >= 0.3 is 0 Å². The molecule has 0 radical (unpaired) electrons. The summed E-state index contributed by atoms with van der Waals surface area (Å²) in [5.41, 5.74) is 3.13. The molecular formula is C22H19ClN6O. The van der Waals surface area contributed by atoms with Crippen molar-refractivity contribution in [2.45, 2.75) is 12.7 Å². The molecule has 0 spiro atoms. The number of nitrogens with one attached hydrogen (secondary N) is 1. The van der Waals surface area contributed by atoms with Gasteiger partial charge in [0.25, 0.3) is 0 Å². The van der Waals surface area contributed by atoms with Crippen molar-refractivity contribution in [3.63, 3.8) is 0 Å². The SMILES string of the molecule is Clc1ccc([C@@H]2NC3=NCN(Cc4ccco4)CN3c3nc4ccccc4n32)cc1. The molecule has 0 saturated heterocycles. The summed E-state index contributed by atoms with van der Waals surface area (Å²) in [5, 5.41) is 4.33. The average molecular weight is 419 g/mol. The minimum Gasteiger partial charge on any atom is -0.468 e. The van der Waals surface area contributed by atoms with Crippen molar-refractivity contribution < 1.29 is 4.42 Å². The minimum atomic E-state index is -0.115. The summed E-state index contributed by atoms with van der Waals surface area (Å²) >= 11 is 6.13. The molecule has 8 heteroatoms. The predicted molar refractivity (Wildman–Crippen MR) is 116 cm³/mol. The van der Waals surface area contributed by atoms with Crippen molar-refractivity contribution >= 4 is 34.5 Å². The van der Waals surface area contributed by atoms with E-state index in [0.717, 1.165) is 39.3 Å². The van der Waals surface area contributed by atoms with Crippen molar-refractivity contribution in [2.75, 3.05) is 18.2 Å². The molecule has 0 unspecified atom stereocenters. The Labute approximate surface area is 178 Å². The van der Waals surface area contributed by atoms with Gasteiger partial charge in [-0.1, -0.05) is 35.9 Å². The Bertz CT molecular complexity index is 1230. The lowest BCUT2D eigenvalue weighted by Gasteiger charge is -2.41. The first-order chi connectivity index (χ1) is 14.8. The van der Waals surface area contributed by atoms with E-state index in [0.29, 0.717) is 19.9 Å². The van der Waals surface area contributed by atoms with Crippen LogP contribution in [-0.4, -0.2) is 33.7 Å². The zero-order valence-corrected chi connectivity index (χ0v) is 16.8. The summed E-state index contributed by atoms with van der Waals surface area (Å²) in [7, 11) is 0. The van der Waals surface area contributed by atoms with Crippen LogP contribution in [0.4, 0.5) is 5.95 Å². The predicted octanol–water partition coefficient (Wildman–Crippen LogP) is 4.03. The van der Waals surface area contributed by atoms with Crippen LogP contribution in [0.5, 0.6) is 0 Å². The van der Waals surface area contributed by atoms with Crippen molar-refractivity contribution in [3.8, 4) is 0 Å². The number of fused-ring (bicyclic) bond motifs is 5. The van der Waals surface area contributed by atoms with Gasteiger partial charge in [0.15, 0.2) is 0 Å². The van der Waals surface area contributed by atoms with Gasteiger partial charge in [-0.3, -0.25) is 14.4 Å². The highest BCUT2D eigenvalue weighted by molar-refractivity contribution is 6.30. The van der Waals surface area contributed by atoms with Crippen LogP contribution in [0.15, 0.2) is 76.3 Å². The number of furan rings is 1. The summed E-state index contributed by atoms with van der Waals surface area (Å²) in [4.78, 5) is 14.1. The smallest absolute Gasteiger partial charge is 0.216 e. The van der Waals surface area contributed by atoms with Crippen molar-refractivity contribution in [2.24, 2.45) is 4.99 Å². The van der Waals surface area contributed by atoms with E-state index in [1.54, 1.807) is 6.26 Å². The van der Waals surface area contributed by atoms with E-state index < -0.39 is 0 Å². The van der Waals surface area contributed by atoms with Gasteiger partial charge in [-0.25, -0.2) is 9.98 Å². The van der Waals surface area contributed by atoms with Crippen LogP contribution in [0.2, 0.25) is 5.02 Å². The first-order valence-corrected chi connectivity index (χ1v) is 10.2. The fourth-order valence-corrected chi connectivity index (χ4v) is 4.24. The summed E-state index contributed by atoms with van der Waals surface area (Å²) in [6.45, 7) is 1.96. The summed E-state index contributed by atoms with van der Waals surface area (Å²) in [6, 6.07) is 20.0. The number of aliphatic imine (C=N–C) groups is 1. The third-order valence-electron chi connectivity index (χ3n) is 5.51. The van der Waals surface area contributed by atoms with E-state index in [2.05, 4.69) is 25.8 Å². The largest absolute Gasteiger partial charge is 0.468 e. The highest BCUT2D eigenvalue weighted by Crippen LogP contribution is 2.34. The molecule has 2 aliphatic rings. The number of anilines is 1. The number of halogens is 1. The maximum atomic E-state index is 6.13. The lowest BCUT2D eigenvalue weighted by molar-refractivity contribution is 0.243. The molecule has 30 heavy (non-hydrogen) atoms. The lowest BCUT2D eigenvalue weighted by Crippen LogP contribution is -2.57. The number of rotatable bonds is 3. The van der Waals surface area contributed by atoms with Crippen LogP contribution >= 0.6 is 11.6 Å². The van der Waals surface area contributed by atoms with Crippen LogP contribution in [0.25, 0.3) is 11.0 Å². The molecule has 4 aromatic rings. The molecule has 0 bridgehead atoms. The average Bonchev–Trinajstić information content (AvgIpc) is 3.42. The first kappa shape index (κ1) is 17.6. The monoisotopic (exact) mass is 418 g/mol. The maximum Gasteiger partial charge on any atom is 0.216 e. The lowest BCUT2D eigenvalue weighted by atomic mass is 10.1. The quantitative estimate of drug-likeness (QED) is 0.544. The van der Waals surface area contributed by atoms with Crippen LogP contribution in [0, 0.1) is 0 Å². The Morgan fingerprint density at radius 2 is 1.93 bits per heavy atom. The van der Waals surface area contributed by atoms with Gasteiger partial charge in [0, 0.05) is 5.02 Å². The number of imidazole rings is 1. The molecule has 150 valence electrons. The molecular weight excluding hydrogens is 400 g/mol. The van der Waals surface area contributed by atoms with Crippen molar-refractivity contribution in [1.29, 1.82) is 0 Å². The standard InChI is InChI=1S/C22H19ClN6O/c23-16-9-7-15(8-10-16)20-26-21-24-13-27(12-17-4-3-11-30-17)14-28(21)22-25-18-5-1-2-6-19(18)29(20)22/h1-11,20H,12-14H2,(H,24,26)/t20-/m1/s1. The van der Waals surface area contributed by atoms with Gasteiger partial charge in [-0.05, 0) is 42.0 Å². The van der Waals surface area contributed by atoms with E-state index in [9.17, 15) is 0 Å². The highest BCUT2D eigenvalue weighted by atomic mass is 35.5. The maximum absolute atomic E-state index is 6.13. The Balaban J connectivity index is 1.44. The molecule has 4 heterocycles. The van der Waals surface area contributed by atoms with E-state index in [1.807, 2.05) is 54.6 Å². The van der Waals surface area contributed by atoms with E-state index >= 15 is 0 Å². The summed E-state index contributed by atoms with van der Waals surface area (Å²) in [5.74, 6) is 2.62. The Morgan fingerprint density at radius 1 is 1.07 bits per heavy atom. The molecule has 0 fully saturated rings. The van der Waals surface area contributed by atoms with Gasteiger partial charge in [-0.15, -0.1) is 0 Å².